The van der Waals surface area contributed by atoms with Gasteiger partial charge >= 0.3 is 0 Å². The summed E-state index contributed by atoms with van der Waals surface area (Å²) in [5.74, 6) is 1.52. The van der Waals surface area contributed by atoms with Gasteiger partial charge in [0.05, 0.1) is 7.11 Å². The Morgan fingerprint density at radius 1 is 1.29 bits per heavy atom. The summed E-state index contributed by atoms with van der Waals surface area (Å²) >= 11 is 0. The van der Waals surface area contributed by atoms with Gasteiger partial charge in [0.25, 0.3) is 0 Å². The van der Waals surface area contributed by atoms with E-state index in [0.29, 0.717) is 18.2 Å². The van der Waals surface area contributed by atoms with Crippen molar-refractivity contribution in [1.29, 1.82) is 0 Å². The van der Waals surface area contributed by atoms with Crippen LogP contribution in [0.25, 0.3) is 0 Å². The highest BCUT2D eigenvalue weighted by Gasteiger charge is 2.28. The standard InChI is InChI=1S/C18H21N3O3/c1-24-16-7-11(6-15(22)17(16)23)9-21-5-4-14-13(10-21)8-19-18(20-14)12-2-3-12/h6-8,12,22-23H,2-5,9-10H2,1H3. The van der Waals surface area contributed by atoms with Gasteiger partial charge in [0.15, 0.2) is 11.5 Å². The Bertz CT molecular complexity index is 774. The number of phenolic OH excluding ortho intramolecular Hbond substituents is 2. The lowest BCUT2D eigenvalue weighted by molar-refractivity contribution is 0.241. The van der Waals surface area contributed by atoms with Crippen molar-refractivity contribution >= 4 is 0 Å². The van der Waals surface area contributed by atoms with Gasteiger partial charge in [-0.1, -0.05) is 0 Å². The van der Waals surface area contributed by atoms with Gasteiger partial charge in [-0.2, -0.15) is 0 Å². The summed E-state index contributed by atoms with van der Waals surface area (Å²) in [5.41, 5.74) is 3.26. The van der Waals surface area contributed by atoms with Crippen molar-refractivity contribution in [1.82, 2.24) is 14.9 Å². The normalized spacial score (nSPS) is 17.5. The number of hydrogen-bond acceptors (Lipinski definition) is 6. The molecule has 0 unspecified atom stereocenters. The molecule has 2 aliphatic rings. The van der Waals surface area contributed by atoms with E-state index in [2.05, 4.69) is 9.88 Å². The molecule has 0 radical (unpaired) electrons. The second-order valence-electron chi connectivity index (χ2n) is 6.60. The molecule has 0 spiro atoms. The first kappa shape index (κ1) is 15.2. The molecular formula is C18H21N3O3. The summed E-state index contributed by atoms with van der Waals surface area (Å²) in [6, 6.07) is 3.34. The third-order valence-electron chi connectivity index (χ3n) is 4.71. The minimum Gasteiger partial charge on any atom is -0.504 e. The fourth-order valence-corrected chi connectivity index (χ4v) is 3.22. The van der Waals surface area contributed by atoms with Crippen molar-refractivity contribution in [3.8, 4) is 17.2 Å². The summed E-state index contributed by atoms with van der Waals surface area (Å²) in [7, 11) is 1.48. The molecule has 0 amide bonds. The van der Waals surface area contributed by atoms with Gasteiger partial charge in [0, 0.05) is 49.4 Å². The number of methoxy groups -OCH3 is 1. The highest BCUT2D eigenvalue weighted by molar-refractivity contribution is 5.51. The molecule has 0 bridgehead atoms. The summed E-state index contributed by atoms with van der Waals surface area (Å²) in [4.78, 5) is 11.5. The van der Waals surface area contributed by atoms with Crippen LogP contribution >= 0.6 is 0 Å². The molecule has 1 aliphatic heterocycles. The van der Waals surface area contributed by atoms with Gasteiger partial charge in [-0.15, -0.1) is 0 Å². The highest BCUT2D eigenvalue weighted by Crippen LogP contribution is 2.39. The van der Waals surface area contributed by atoms with Crippen LogP contribution in [0.15, 0.2) is 18.3 Å². The first-order valence-corrected chi connectivity index (χ1v) is 8.30. The van der Waals surface area contributed by atoms with Crippen molar-refractivity contribution in [2.75, 3.05) is 13.7 Å². The predicted molar refractivity (Wildman–Crippen MR) is 88.1 cm³/mol. The minimum absolute atomic E-state index is 0.154. The molecule has 0 atom stereocenters. The fourth-order valence-electron chi connectivity index (χ4n) is 3.22. The first-order chi connectivity index (χ1) is 11.6. The Morgan fingerprint density at radius 2 is 2.12 bits per heavy atom. The van der Waals surface area contributed by atoms with Crippen LogP contribution in [-0.2, 0) is 19.5 Å². The number of aromatic nitrogens is 2. The molecular weight excluding hydrogens is 306 g/mol. The summed E-state index contributed by atoms with van der Waals surface area (Å²) in [6.07, 6.45) is 5.32. The number of benzene rings is 1. The molecule has 24 heavy (non-hydrogen) atoms. The lowest BCUT2D eigenvalue weighted by Crippen LogP contribution is -2.31. The van der Waals surface area contributed by atoms with E-state index < -0.39 is 0 Å². The second kappa shape index (κ2) is 5.94. The third kappa shape index (κ3) is 2.89. The Balaban J connectivity index is 1.50. The molecule has 1 aliphatic carbocycles. The molecule has 126 valence electrons. The van der Waals surface area contributed by atoms with Gasteiger partial charge in [-0.25, -0.2) is 9.97 Å². The zero-order valence-electron chi connectivity index (χ0n) is 13.7. The number of hydrogen-bond donors (Lipinski definition) is 2. The summed E-state index contributed by atoms with van der Waals surface area (Å²) < 4.78 is 5.10. The zero-order chi connectivity index (χ0) is 16.7. The number of fused-ring (bicyclic) bond motifs is 1. The van der Waals surface area contributed by atoms with Crippen molar-refractivity contribution in [2.45, 2.75) is 38.3 Å². The zero-order valence-corrected chi connectivity index (χ0v) is 13.7. The summed E-state index contributed by atoms with van der Waals surface area (Å²) in [6.45, 7) is 2.39. The highest BCUT2D eigenvalue weighted by atomic mass is 16.5. The molecule has 1 saturated carbocycles. The van der Waals surface area contributed by atoms with Gasteiger partial charge < -0.3 is 14.9 Å². The van der Waals surface area contributed by atoms with Gasteiger partial charge in [0.1, 0.15) is 5.82 Å². The Kier molecular flexibility index (Phi) is 3.76. The molecule has 4 rings (SSSR count). The number of nitrogens with zero attached hydrogens (tertiary/aromatic N) is 3. The van der Waals surface area contributed by atoms with Crippen LogP contribution in [0.2, 0.25) is 0 Å². The van der Waals surface area contributed by atoms with E-state index in [1.54, 1.807) is 12.1 Å². The first-order valence-electron chi connectivity index (χ1n) is 8.30. The van der Waals surface area contributed by atoms with Crippen LogP contribution in [0, 0.1) is 0 Å². The molecule has 0 saturated heterocycles. The Hall–Kier alpha value is -2.34. The maximum Gasteiger partial charge on any atom is 0.200 e. The largest absolute Gasteiger partial charge is 0.504 e. The predicted octanol–water partition coefficient (Wildman–Crippen LogP) is 2.33. The van der Waals surface area contributed by atoms with Crippen LogP contribution in [0.3, 0.4) is 0 Å². The van der Waals surface area contributed by atoms with Crippen molar-refractivity contribution < 1.29 is 14.9 Å². The van der Waals surface area contributed by atoms with E-state index >= 15 is 0 Å². The van der Waals surface area contributed by atoms with E-state index in [1.807, 2.05) is 6.20 Å². The molecule has 1 aromatic heterocycles. The molecule has 1 fully saturated rings. The van der Waals surface area contributed by atoms with E-state index in [0.717, 1.165) is 30.9 Å². The van der Waals surface area contributed by atoms with Crippen LogP contribution in [-0.4, -0.2) is 38.7 Å². The van der Waals surface area contributed by atoms with E-state index in [-0.39, 0.29) is 11.5 Å². The van der Waals surface area contributed by atoms with E-state index in [1.165, 1.54) is 31.2 Å². The smallest absolute Gasteiger partial charge is 0.200 e. The maximum atomic E-state index is 9.82. The molecule has 2 heterocycles. The summed E-state index contributed by atoms with van der Waals surface area (Å²) in [5, 5.41) is 19.5. The van der Waals surface area contributed by atoms with Crippen molar-refractivity contribution in [3.05, 3.63) is 41.0 Å². The molecule has 2 N–H and O–H groups in total. The van der Waals surface area contributed by atoms with Crippen molar-refractivity contribution in [3.63, 3.8) is 0 Å². The number of phenols is 2. The average Bonchev–Trinajstić information content (AvgIpc) is 3.42. The van der Waals surface area contributed by atoms with E-state index in [9.17, 15) is 10.2 Å². The Morgan fingerprint density at radius 3 is 2.88 bits per heavy atom. The maximum absolute atomic E-state index is 9.82. The quantitative estimate of drug-likeness (QED) is 0.839. The lowest BCUT2D eigenvalue weighted by atomic mass is 10.1. The molecule has 6 nitrogen and oxygen atoms in total. The van der Waals surface area contributed by atoms with Crippen LogP contribution in [0.1, 0.15) is 41.4 Å². The SMILES string of the molecule is COc1cc(CN2CCc3nc(C4CC4)ncc3C2)cc(O)c1O. The van der Waals surface area contributed by atoms with Gasteiger partial charge in [-0.05, 0) is 30.5 Å². The second-order valence-corrected chi connectivity index (χ2v) is 6.60. The van der Waals surface area contributed by atoms with Crippen LogP contribution < -0.4 is 4.74 Å². The van der Waals surface area contributed by atoms with Gasteiger partial charge in [0.2, 0.25) is 5.75 Å². The molecule has 1 aromatic carbocycles. The fraction of sp³-hybridized carbons (Fsp3) is 0.444. The monoisotopic (exact) mass is 327 g/mol. The van der Waals surface area contributed by atoms with Crippen LogP contribution in [0.5, 0.6) is 17.2 Å². The van der Waals surface area contributed by atoms with E-state index in [4.69, 9.17) is 9.72 Å². The topological polar surface area (TPSA) is 78.7 Å². The van der Waals surface area contributed by atoms with Crippen molar-refractivity contribution in [2.24, 2.45) is 0 Å². The number of ether oxygens (including phenoxy) is 1. The third-order valence-corrected chi connectivity index (χ3v) is 4.71. The van der Waals surface area contributed by atoms with Crippen LogP contribution in [0.4, 0.5) is 0 Å². The number of rotatable bonds is 4. The average molecular weight is 327 g/mol. The minimum atomic E-state index is -0.216. The molecule has 2 aromatic rings. The Labute approximate surface area is 140 Å². The number of aromatic hydroxyl groups is 2. The lowest BCUT2D eigenvalue weighted by Gasteiger charge is -2.28. The molecule has 6 heteroatoms. The van der Waals surface area contributed by atoms with Gasteiger partial charge in [-0.3, -0.25) is 4.90 Å².